The van der Waals surface area contributed by atoms with Crippen molar-refractivity contribution >= 4 is 33.9 Å². The molecule has 33 heavy (non-hydrogen) atoms. The second-order valence-electron chi connectivity index (χ2n) is 8.57. The predicted octanol–water partition coefficient (Wildman–Crippen LogP) is 6.44. The van der Waals surface area contributed by atoms with E-state index >= 15 is 0 Å². The van der Waals surface area contributed by atoms with E-state index in [9.17, 15) is 19.7 Å². The molecule has 8 heteroatoms. The first-order chi connectivity index (χ1) is 15.6. The number of benzene rings is 2. The van der Waals surface area contributed by atoms with Crippen LogP contribution in [-0.2, 0) is 10.2 Å². The minimum absolute atomic E-state index is 0.0000453. The molecular formula is C25H26N2O5S. The first-order valence-corrected chi connectivity index (χ1v) is 11.4. The second kappa shape index (κ2) is 9.95. The highest BCUT2D eigenvalue weighted by atomic mass is 32.1. The molecule has 0 fully saturated rings. The molecule has 1 N–H and O–H groups in total. The van der Waals surface area contributed by atoms with Crippen LogP contribution in [0.3, 0.4) is 0 Å². The highest BCUT2D eigenvalue weighted by molar-refractivity contribution is 7.15. The fraction of sp³-hybridized carbons (Fsp3) is 0.280. The number of amides is 1. The molecule has 0 saturated heterocycles. The van der Waals surface area contributed by atoms with Crippen molar-refractivity contribution < 1.29 is 19.2 Å². The van der Waals surface area contributed by atoms with Gasteiger partial charge in [-0.15, -0.1) is 11.3 Å². The Morgan fingerprint density at radius 1 is 1.06 bits per heavy atom. The number of esters is 1. The normalized spacial score (nSPS) is 11.2. The van der Waals surface area contributed by atoms with Crippen molar-refractivity contribution in [3.8, 4) is 11.1 Å². The minimum Gasteiger partial charge on any atom is -0.462 e. The Morgan fingerprint density at radius 2 is 1.70 bits per heavy atom. The van der Waals surface area contributed by atoms with Gasteiger partial charge in [0.15, 0.2) is 0 Å². The van der Waals surface area contributed by atoms with Gasteiger partial charge in [-0.3, -0.25) is 14.9 Å². The van der Waals surface area contributed by atoms with Gasteiger partial charge in [-0.2, -0.15) is 0 Å². The van der Waals surface area contributed by atoms with E-state index in [0.29, 0.717) is 22.5 Å². The number of thiophene rings is 1. The molecule has 0 aliphatic rings. The van der Waals surface area contributed by atoms with Crippen LogP contribution in [0.5, 0.6) is 0 Å². The largest absolute Gasteiger partial charge is 0.462 e. The number of carbonyl (C=O) groups excluding carboxylic acids is 2. The quantitative estimate of drug-likeness (QED) is 0.245. The number of carbonyl (C=O) groups is 2. The van der Waals surface area contributed by atoms with Gasteiger partial charge in [0, 0.05) is 28.6 Å². The first kappa shape index (κ1) is 24.1. The highest BCUT2D eigenvalue weighted by Gasteiger charge is 2.24. The van der Waals surface area contributed by atoms with E-state index in [0.717, 1.165) is 5.56 Å². The summed E-state index contributed by atoms with van der Waals surface area (Å²) in [6.45, 7) is 8.57. The highest BCUT2D eigenvalue weighted by Crippen LogP contribution is 2.37. The Kier molecular flexibility index (Phi) is 7.28. The SMILES string of the molecule is CCCOC(=O)c1c(-c2ccc(C(C)(C)C)cc2)csc1NC(=O)c1ccc([N+](=O)[O-])cc1. The van der Waals surface area contributed by atoms with Crippen molar-refractivity contribution in [3.05, 3.63) is 80.7 Å². The maximum Gasteiger partial charge on any atom is 0.341 e. The summed E-state index contributed by atoms with van der Waals surface area (Å²) in [5, 5.41) is 15.8. The Bertz CT molecular complexity index is 1160. The average molecular weight is 467 g/mol. The number of nitro groups is 1. The Morgan fingerprint density at radius 3 is 2.24 bits per heavy atom. The maximum absolute atomic E-state index is 12.9. The van der Waals surface area contributed by atoms with Crippen molar-refractivity contribution in [1.82, 2.24) is 0 Å². The van der Waals surface area contributed by atoms with Crippen LogP contribution in [0.15, 0.2) is 53.9 Å². The maximum atomic E-state index is 12.9. The average Bonchev–Trinajstić information content (AvgIpc) is 3.20. The molecule has 0 saturated carbocycles. The lowest BCUT2D eigenvalue weighted by molar-refractivity contribution is -0.384. The third-order valence-electron chi connectivity index (χ3n) is 5.06. The minimum atomic E-state index is -0.528. The van der Waals surface area contributed by atoms with Gasteiger partial charge in [0.25, 0.3) is 11.6 Å². The molecule has 3 aromatic rings. The van der Waals surface area contributed by atoms with E-state index < -0.39 is 16.8 Å². The Balaban J connectivity index is 1.94. The van der Waals surface area contributed by atoms with Gasteiger partial charge in [-0.05, 0) is 35.1 Å². The molecule has 3 rings (SSSR count). The standard InChI is InChI=1S/C25H26N2O5S/c1-5-14-32-24(29)21-20(16-6-10-18(11-7-16)25(2,3)4)15-33-23(21)26-22(28)17-8-12-19(13-9-17)27(30)31/h6-13,15H,5,14H2,1-4H3,(H,26,28). The van der Waals surface area contributed by atoms with Crippen LogP contribution in [-0.4, -0.2) is 23.4 Å². The van der Waals surface area contributed by atoms with E-state index in [1.807, 2.05) is 36.6 Å². The van der Waals surface area contributed by atoms with E-state index in [4.69, 9.17) is 4.74 Å². The van der Waals surface area contributed by atoms with Crippen molar-refractivity contribution in [2.24, 2.45) is 0 Å². The van der Waals surface area contributed by atoms with Crippen molar-refractivity contribution in [2.45, 2.75) is 39.5 Å². The molecule has 1 heterocycles. The predicted molar refractivity (Wildman–Crippen MR) is 130 cm³/mol. The summed E-state index contributed by atoms with van der Waals surface area (Å²) < 4.78 is 5.39. The molecule has 0 spiro atoms. The number of nitro benzene ring substituents is 1. The van der Waals surface area contributed by atoms with E-state index in [1.54, 1.807) is 0 Å². The zero-order chi connectivity index (χ0) is 24.2. The number of rotatable bonds is 7. The lowest BCUT2D eigenvalue weighted by Gasteiger charge is -2.19. The third kappa shape index (κ3) is 5.64. The summed E-state index contributed by atoms with van der Waals surface area (Å²) >= 11 is 1.23. The summed E-state index contributed by atoms with van der Waals surface area (Å²) in [7, 11) is 0. The summed E-state index contributed by atoms with van der Waals surface area (Å²) in [4.78, 5) is 36.0. The molecular weight excluding hydrogens is 440 g/mol. The van der Waals surface area contributed by atoms with Gasteiger partial charge in [0.05, 0.1) is 11.5 Å². The van der Waals surface area contributed by atoms with Gasteiger partial charge in [0.1, 0.15) is 10.6 Å². The molecule has 2 aromatic carbocycles. The Labute approximate surface area is 196 Å². The van der Waals surface area contributed by atoms with Crippen LogP contribution >= 0.6 is 11.3 Å². The lowest BCUT2D eigenvalue weighted by atomic mass is 9.86. The van der Waals surface area contributed by atoms with Crippen LogP contribution in [0, 0.1) is 10.1 Å². The molecule has 172 valence electrons. The van der Waals surface area contributed by atoms with E-state index in [1.165, 1.54) is 41.2 Å². The second-order valence-corrected chi connectivity index (χ2v) is 9.45. The number of ether oxygens (including phenoxy) is 1. The number of hydrogen-bond donors (Lipinski definition) is 1. The van der Waals surface area contributed by atoms with Crippen LogP contribution in [0.25, 0.3) is 11.1 Å². The molecule has 0 unspecified atom stereocenters. The zero-order valence-corrected chi connectivity index (χ0v) is 19.8. The fourth-order valence-electron chi connectivity index (χ4n) is 3.19. The topological polar surface area (TPSA) is 98.5 Å². The van der Waals surface area contributed by atoms with Crippen molar-refractivity contribution in [1.29, 1.82) is 0 Å². The molecule has 7 nitrogen and oxygen atoms in total. The van der Waals surface area contributed by atoms with Crippen LogP contribution < -0.4 is 5.32 Å². The van der Waals surface area contributed by atoms with Crippen molar-refractivity contribution in [3.63, 3.8) is 0 Å². The number of non-ortho nitro benzene ring substituents is 1. The van der Waals surface area contributed by atoms with Gasteiger partial charge in [-0.25, -0.2) is 4.79 Å². The summed E-state index contributed by atoms with van der Waals surface area (Å²) in [5.74, 6) is -0.974. The molecule has 0 radical (unpaired) electrons. The van der Waals surface area contributed by atoms with Crippen LogP contribution in [0.1, 0.15) is 60.4 Å². The fourth-order valence-corrected chi connectivity index (χ4v) is 4.14. The molecule has 0 atom stereocenters. The third-order valence-corrected chi connectivity index (χ3v) is 5.96. The van der Waals surface area contributed by atoms with Crippen LogP contribution in [0.2, 0.25) is 0 Å². The number of nitrogens with one attached hydrogen (secondary N) is 1. The summed E-state index contributed by atoms with van der Waals surface area (Å²) in [5.41, 5.74) is 3.14. The van der Waals surface area contributed by atoms with E-state index in [2.05, 4.69) is 26.1 Å². The van der Waals surface area contributed by atoms with Gasteiger partial charge in [0.2, 0.25) is 0 Å². The van der Waals surface area contributed by atoms with Gasteiger partial charge < -0.3 is 10.1 Å². The molecule has 1 amide bonds. The molecule has 0 aliphatic carbocycles. The summed E-state index contributed by atoms with van der Waals surface area (Å²) in [6.07, 6.45) is 0.677. The Hall–Kier alpha value is -3.52. The molecule has 0 aliphatic heterocycles. The van der Waals surface area contributed by atoms with Crippen LogP contribution in [0.4, 0.5) is 10.7 Å². The van der Waals surface area contributed by atoms with Crippen molar-refractivity contribution in [2.75, 3.05) is 11.9 Å². The molecule has 0 bridgehead atoms. The van der Waals surface area contributed by atoms with E-state index in [-0.39, 0.29) is 23.3 Å². The first-order valence-electron chi connectivity index (χ1n) is 10.6. The van der Waals surface area contributed by atoms with Gasteiger partial charge >= 0.3 is 5.97 Å². The lowest BCUT2D eigenvalue weighted by Crippen LogP contribution is -2.15. The number of hydrogen-bond acceptors (Lipinski definition) is 6. The monoisotopic (exact) mass is 466 g/mol. The smallest absolute Gasteiger partial charge is 0.341 e. The number of nitrogens with zero attached hydrogens (tertiary/aromatic N) is 1. The zero-order valence-electron chi connectivity index (χ0n) is 19.0. The van der Waals surface area contributed by atoms with Gasteiger partial charge in [-0.1, -0.05) is 52.0 Å². The molecule has 1 aromatic heterocycles. The number of anilines is 1. The summed E-state index contributed by atoms with van der Waals surface area (Å²) in [6, 6.07) is 13.3.